The lowest BCUT2D eigenvalue weighted by Crippen LogP contribution is -2.41. The molecular weight excluding hydrogens is 592 g/mol. The molecule has 0 bridgehead atoms. The second-order valence-corrected chi connectivity index (χ2v) is 12.3. The molecule has 0 aromatic heterocycles. The predicted molar refractivity (Wildman–Crippen MR) is 193 cm³/mol. The van der Waals surface area contributed by atoms with Crippen molar-refractivity contribution < 1.29 is 14.3 Å². The van der Waals surface area contributed by atoms with Gasteiger partial charge in [-0.1, -0.05) is 134 Å². The molecule has 0 fully saturated rings. The van der Waals surface area contributed by atoms with Crippen LogP contribution in [-0.4, -0.2) is 41.2 Å². The molecular formula is C43H40N2O3. The first kappa shape index (κ1) is 32.4. The average Bonchev–Trinajstić information content (AvgIpc) is 3.68. The van der Waals surface area contributed by atoms with E-state index >= 15 is 0 Å². The van der Waals surface area contributed by atoms with E-state index in [1.165, 1.54) is 5.56 Å². The number of allylic oxidation sites excluding steroid dienone is 1. The van der Waals surface area contributed by atoms with Gasteiger partial charge < -0.3 is 9.64 Å². The van der Waals surface area contributed by atoms with Crippen molar-refractivity contribution in [1.82, 2.24) is 4.90 Å². The molecule has 48 heavy (non-hydrogen) atoms. The van der Waals surface area contributed by atoms with Gasteiger partial charge in [0.05, 0.1) is 5.71 Å². The summed E-state index contributed by atoms with van der Waals surface area (Å²) in [6, 6.07) is 36.0. The fourth-order valence-electron chi connectivity index (χ4n) is 6.87. The maximum Gasteiger partial charge on any atom is 0.338 e. The Labute approximate surface area is 283 Å². The number of carbonyl (C=O) groups is 2. The Morgan fingerprint density at radius 2 is 1.50 bits per heavy atom. The molecule has 0 spiro atoms. The van der Waals surface area contributed by atoms with E-state index < -0.39 is 17.0 Å². The summed E-state index contributed by atoms with van der Waals surface area (Å²) in [4.78, 5) is 34.8. The van der Waals surface area contributed by atoms with Gasteiger partial charge in [0.1, 0.15) is 12.1 Å². The Hall–Kier alpha value is -5.55. The smallest absolute Gasteiger partial charge is 0.338 e. The van der Waals surface area contributed by atoms with Crippen molar-refractivity contribution in [3.63, 3.8) is 0 Å². The van der Waals surface area contributed by atoms with E-state index in [4.69, 9.17) is 9.73 Å². The number of nitrogens with zero attached hydrogens (tertiary/aromatic N) is 2. The summed E-state index contributed by atoms with van der Waals surface area (Å²) in [6.07, 6.45) is 11.1. The number of esters is 1. The van der Waals surface area contributed by atoms with E-state index in [0.29, 0.717) is 24.2 Å². The van der Waals surface area contributed by atoms with Crippen molar-refractivity contribution in [3.8, 4) is 0 Å². The summed E-state index contributed by atoms with van der Waals surface area (Å²) in [5.41, 5.74) is 4.13. The highest BCUT2D eigenvalue weighted by molar-refractivity contribution is 6.14. The second kappa shape index (κ2) is 14.1. The van der Waals surface area contributed by atoms with Crippen molar-refractivity contribution in [2.45, 2.75) is 36.3 Å². The van der Waals surface area contributed by atoms with Crippen LogP contribution in [0.1, 0.15) is 56.9 Å². The van der Waals surface area contributed by atoms with Gasteiger partial charge in [0.2, 0.25) is 0 Å². The highest BCUT2D eigenvalue weighted by atomic mass is 16.5. The van der Waals surface area contributed by atoms with Crippen LogP contribution >= 0.6 is 0 Å². The number of ether oxygens (including phenoxy) is 1. The van der Waals surface area contributed by atoms with Gasteiger partial charge in [-0.2, -0.15) is 0 Å². The summed E-state index contributed by atoms with van der Waals surface area (Å²) < 4.78 is 5.68. The van der Waals surface area contributed by atoms with E-state index in [1.54, 1.807) is 6.08 Å². The van der Waals surface area contributed by atoms with Gasteiger partial charge in [0, 0.05) is 29.2 Å². The molecule has 1 amide bonds. The molecule has 0 saturated heterocycles. The number of hydrogen-bond donors (Lipinski definition) is 0. The topological polar surface area (TPSA) is 59.0 Å². The number of amides is 1. The van der Waals surface area contributed by atoms with Crippen LogP contribution in [-0.2, 0) is 21.5 Å². The lowest BCUT2D eigenvalue weighted by Gasteiger charge is -2.34. The van der Waals surface area contributed by atoms with Crippen LogP contribution in [0, 0.1) is 0 Å². The lowest BCUT2D eigenvalue weighted by molar-refractivity contribution is -0.146. The summed E-state index contributed by atoms with van der Waals surface area (Å²) in [7, 11) is 0. The number of carbonyl (C=O) groups excluding carboxylic acids is 2. The summed E-state index contributed by atoms with van der Waals surface area (Å²) in [6.45, 7) is 12.7. The number of fused-ring (bicyclic) bond motifs is 1. The Kier molecular flexibility index (Phi) is 9.49. The fourth-order valence-corrected chi connectivity index (χ4v) is 6.87. The van der Waals surface area contributed by atoms with Gasteiger partial charge in [-0.05, 0) is 48.1 Å². The summed E-state index contributed by atoms with van der Waals surface area (Å²) in [5, 5.41) is 0. The Morgan fingerprint density at radius 3 is 2.10 bits per heavy atom. The zero-order valence-electron chi connectivity index (χ0n) is 27.1. The SMILES string of the molecule is C=CCOC(=O)C1(N=C(c2ccccc2)c2ccccc2)C=CC(c2ccc3c(c2)C(C=C)(C=C)N(CCCc2ccccc2)C3=O)C1. The van der Waals surface area contributed by atoms with Crippen molar-refractivity contribution in [3.05, 3.63) is 193 Å². The molecule has 0 radical (unpaired) electrons. The first-order valence-corrected chi connectivity index (χ1v) is 16.4. The van der Waals surface area contributed by atoms with Crippen LogP contribution in [0.2, 0.25) is 0 Å². The zero-order valence-corrected chi connectivity index (χ0v) is 27.1. The minimum atomic E-state index is -1.26. The monoisotopic (exact) mass is 632 g/mol. The molecule has 0 N–H and O–H groups in total. The zero-order chi connectivity index (χ0) is 33.6. The molecule has 1 aliphatic heterocycles. The van der Waals surface area contributed by atoms with Gasteiger partial charge in [0.25, 0.3) is 5.91 Å². The van der Waals surface area contributed by atoms with Crippen LogP contribution in [0.5, 0.6) is 0 Å². The largest absolute Gasteiger partial charge is 0.459 e. The third kappa shape index (κ3) is 6.12. The molecule has 4 aromatic carbocycles. The average molecular weight is 633 g/mol. The van der Waals surface area contributed by atoms with Crippen LogP contribution < -0.4 is 0 Å². The normalized spacial score (nSPS) is 19.0. The number of benzene rings is 4. The predicted octanol–water partition coefficient (Wildman–Crippen LogP) is 8.39. The van der Waals surface area contributed by atoms with Crippen LogP contribution in [0.4, 0.5) is 0 Å². The van der Waals surface area contributed by atoms with Crippen molar-refractivity contribution >= 4 is 17.6 Å². The molecule has 2 atom stereocenters. The first-order valence-electron chi connectivity index (χ1n) is 16.4. The lowest BCUT2D eigenvalue weighted by atomic mass is 9.84. The highest BCUT2D eigenvalue weighted by Gasteiger charge is 2.47. The van der Waals surface area contributed by atoms with Gasteiger partial charge in [-0.3, -0.25) is 9.79 Å². The van der Waals surface area contributed by atoms with Gasteiger partial charge >= 0.3 is 5.97 Å². The van der Waals surface area contributed by atoms with Gasteiger partial charge in [-0.15, -0.1) is 13.2 Å². The van der Waals surface area contributed by atoms with Crippen molar-refractivity contribution in [1.29, 1.82) is 0 Å². The Bertz CT molecular complexity index is 1830. The molecule has 240 valence electrons. The molecule has 2 unspecified atom stereocenters. The van der Waals surface area contributed by atoms with E-state index in [0.717, 1.165) is 35.1 Å². The summed E-state index contributed by atoms with van der Waals surface area (Å²) in [5.74, 6) is -0.621. The highest BCUT2D eigenvalue weighted by Crippen LogP contribution is 2.45. The van der Waals surface area contributed by atoms with Crippen LogP contribution in [0.15, 0.2) is 164 Å². The Balaban J connectivity index is 1.34. The molecule has 0 saturated carbocycles. The third-order valence-electron chi connectivity index (χ3n) is 9.36. The van der Waals surface area contributed by atoms with E-state index in [9.17, 15) is 9.59 Å². The second-order valence-electron chi connectivity index (χ2n) is 12.3. The third-order valence-corrected chi connectivity index (χ3v) is 9.36. The van der Waals surface area contributed by atoms with Crippen molar-refractivity contribution in [2.24, 2.45) is 4.99 Å². The Morgan fingerprint density at radius 1 is 0.875 bits per heavy atom. The molecule has 4 aromatic rings. The molecule has 2 aliphatic rings. The standard InChI is InChI=1S/C43H40N2O3/c1-4-29-48-41(47)42(44-39(33-20-12-8-13-21-33)34-22-14-9-15-23-34)27-26-36(31-42)35-24-25-37-38(30-35)43(5-2,6-3)45(40(37)46)28-16-19-32-17-10-7-11-18-32/h4-15,17-18,20-27,30,36H,1-3,16,19,28-29,31H2. The van der Waals surface area contributed by atoms with Crippen LogP contribution in [0.25, 0.3) is 0 Å². The fraction of sp³-hybridized carbons (Fsp3) is 0.186. The minimum absolute atomic E-state index is 0.0336. The van der Waals surface area contributed by atoms with E-state index in [1.807, 2.05) is 120 Å². The maximum absolute atomic E-state index is 13.9. The van der Waals surface area contributed by atoms with E-state index in [-0.39, 0.29) is 18.4 Å². The van der Waals surface area contributed by atoms with Gasteiger partial charge in [0.15, 0.2) is 5.54 Å². The molecule has 5 nitrogen and oxygen atoms in total. The van der Waals surface area contributed by atoms with E-state index in [2.05, 4.69) is 37.9 Å². The molecule has 6 rings (SSSR count). The summed E-state index contributed by atoms with van der Waals surface area (Å²) >= 11 is 0. The maximum atomic E-state index is 13.9. The van der Waals surface area contributed by atoms with Gasteiger partial charge in [-0.25, -0.2) is 4.79 Å². The number of aliphatic imine (C=N–C) groups is 1. The minimum Gasteiger partial charge on any atom is -0.459 e. The molecule has 5 heteroatoms. The number of rotatable bonds is 13. The molecule has 1 heterocycles. The number of aryl methyl sites for hydroxylation is 1. The van der Waals surface area contributed by atoms with Crippen molar-refractivity contribution in [2.75, 3.05) is 13.2 Å². The molecule has 1 aliphatic carbocycles. The first-order chi connectivity index (χ1) is 23.4. The van der Waals surface area contributed by atoms with Crippen LogP contribution in [0.3, 0.4) is 0 Å². The number of hydrogen-bond acceptors (Lipinski definition) is 4. The quantitative estimate of drug-likeness (QED) is 0.0845.